The van der Waals surface area contributed by atoms with Crippen molar-refractivity contribution in [2.75, 3.05) is 24.6 Å². The number of nitrogens with zero attached hydrogens (tertiary/aromatic N) is 1. The molecule has 0 saturated carbocycles. The van der Waals surface area contributed by atoms with Crippen molar-refractivity contribution in [1.82, 2.24) is 9.62 Å². The van der Waals surface area contributed by atoms with Crippen LogP contribution in [0.1, 0.15) is 29.4 Å². The first kappa shape index (κ1) is 19.2. The zero-order valence-electron chi connectivity index (χ0n) is 13.2. The van der Waals surface area contributed by atoms with Crippen molar-refractivity contribution in [3.63, 3.8) is 0 Å². The van der Waals surface area contributed by atoms with Gasteiger partial charge >= 0.3 is 5.97 Å². The Morgan fingerprint density at radius 2 is 2.04 bits per heavy atom. The lowest BCUT2D eigenvalue weighted by molar-refractivity contribution is -0.137. The first-order valence-electron chi connectivity index (χ1n) is 7.50. The average molecular weight is 393 g/mol. The molecule has 0 bridgehead atoms. The maximum absolute atomic E-state index is 12.7. The van der Waals surface area contributed by atoms with Crippen LogP contribution in [0.5, 0.6) is 0 Å². The number of hydrogen-bond acceptors (Lipinski definition) is 6. The summed E-state index contributed by atoms with van der Waals surface area (Å²) in [5.74, 6) is 0.0835. The fourth-order valence-corrected chi connectivity index (χ4v) is 6.17. The third-order valence-electron chi connectivity index (χ3n) is 3.59. The summed E-state index contributed by atoms with van der Waals surface area (Å²) < 4.78 is 26.9. The summed E-state index contributed by atoms with van der Waals surface area (Å²) in [6, 6.07) is 1.11. The molecule has 24 heavy (non-hydrogen) atoms. The molecular weight excluding hydrogens is 372 g/mol. The van der Waals surface area contributed by atoms with E-state index in [-0.39, 0.29) is 28.7 Å². The van der Waals surface area contributed by atoms with Gasteiger partial charge in [0.2, 0.25) is 10.0 Å². The molecule has 1 saturated heterocycles. The number of sulfonamides is 1. The molecule has 1 aromatic rings. The molecule has 1 unspecified atom stereocenters. The van der Waals surface area contributed by atoms with Crippen molar-refractivity contribution in [3.05, 3.63) is 16.3 Å². The molecule has 0 radical (unpaired) electrons. The van der Waals surface area contributed by atoms with Gasteiger partial charge in [-0.25, -0.2) is 8.42 Å². The lowest BCUT2D eigenvalue weighted by Crippen LogP contribution is -2.39. The molecular formula is C14H20N2O5S3. The number of amides is 1. The van der Waals surface area contributed by atoms with Crippen molar-refractivity contribution in [3.8, 4) is 0 Å². The zero-order chi connectivity index (χ0) is 17.7. The Kier molecular flexibility index (Phi) is 6.67. The summed E-state index contributed by atoms with van der Waals surface area (Å²) in [6.07, 6.45) is 0.236. The summed E-state index contributed by atoms with van der Waals surface area (Å²) in [5.41, 5.74) is 0. The zero-order valence-corrected chi connectivity index (χ0v) is 15.7. The van der Waals surface area contributed by atoms with Gasteiger partial charge in [-0.1, -0.05) is 0 Å². The van der Waals surface area contributed by atoms with Gasteiger partial charge in [-0.2, -0.15) is 16.1 Å². The van der Waals surface area contributed by atoms with E-state index in [1.54, 1.807) is 24.1 Å². The lowest BCUT2D eigenvalue weighted by Gasteiger charge is -2.25. The van der Waals surface area contributed by atoms with E-state index in [1.165, 1.54) is 10.4 Å². The highest BCUT2D eigenvalue weighted by Crippen LogP contribution is 2.27. The number of thioether (sulfide) groups is 1. The Balaban J connectivity index is 2.11. The highest BCUT2D eigenvalue weighted by Gasteiger charge is 2.31. The van der Waals surface area contributed by atoms with Crippen LogP contribution in [0.25, 0.3) is 0 Å². The van der Waals surface area contributed by atoms with E-state index >= 15 is 0 Å². The van der Waals surface area contributed by atoms with Crippen LogP contribution in [-0.4, -0.2) is 60.3 Å². The van der Waals surface area contributed by atoms with Crippen molar-refractivity contribution < 1.29 is 23.1 Å². The highest BCUT2D eigenvalue weighted by molar-refractivity contribution is 7.99. The van der Waals surface area contributed by atoms with Crippen molar-refractivity contribution in [1.29, 1.82) is 0 Å². The number of nitrogens with one attached hydrogen (secondary N) is 1. The molecule has 1 aliphatic heterocycles. The maximum atomic E-state index is 12.7. The van der Waals surface area contributed by atoms with Gasteiger partial charge in [0.1, 0.15) is 9.77 Å². The van der Waals surface area contributed by atoms with Gasteiger partial charge in [0.05, 0.1) is 0 Å². The van der Waals surface area contributed by atoms with E-state index in [0.717, 1.165) is 22.8 Å². The molecule has 1 aromatic heterocycles. The van der Waals surface area contributed by atoms with Crippen molar-refractivity contribution in [2.45, 2.75) is 30.7 Å². The number of carboxylic acid groups (broad SMARTS) is 1. The molecule has 0 spiro atoms. The molecule has 1 amide bonds. The maximum Gasteiger partial charge on any atom is 0.303 e. The molecule has 10 heteroatoms. The van der Waals surface area contributed by atoms with Crippen LogP contribution in [0.2, 0.25) is 0 Å². The minimum absolute atomic E-state index is 0.0299. The number of carbonyl (C=O) groups is 2. The van der Waals surface area contributed by atoms with Crippen LogP contribution in [0.3, 0.4) is 0 Å². The Morgan fingerprint density at radius 1 is 1.38 bits per heavy atom. The van der Waals surface area contributed by atoms with Crippen LogP contribution < -0.4 is 5.32 Å². The summed E-state index contributed by atoms with van der Waals surface area (Å²) in [5, 5.41) is 12.9. The van der Waals surface area contributed by atoms with Gasteiger partial charge in [0.25, 0.3) is 5.91 Å². The monoisotopic (exact) mass is 392 g/mol. The molecule has 7 nitrogen and oxygen atoms in total. The third kappa shape index (κ3) is 4.71. The van der Waals surface area contributed by atoms with Gasteiger partial charge in [-0.05, 0) is 24.8 Å². The number of aliphatic carboxylic acids is 1. The summed E-state index contributed by atoms with van der Waals surface area (Å²) >= 11 is 2.78. The van der Waals surface area contributed by atoms with Crippen molar-refractivity contribution in [2.24, 2.45) is 0 Å². The van der Waals surface area contributed by atoms with Gasteiger partial charge < -0.3 is 10.4 Å². The second kappa shape index (κ2) is 8.32. The fourth-order valence-electron chi connectivity index (χ4n) is 2.29. The average Bonchev–Trinajstić information content (AvgIpc) is 3.04. The summed E-state index contributed by atoms with van der Waals surface area (Å²) in [7, 11) is -3.68. The van der Waals surface area contributed by atoms with Gasteiger partial charge in [-0.3, -0.25) is 9.59 Å². The minimum Gasteiger partial charge on any atom is -0.481 e. The molecule has 0 aromatic carbocycles. The van der Waals surface area contributed by atoms with Gasteiger partial charge in [0, 0.05) is 37.1 Å². The second-order valence-electron chi connectivity index (χ2n) is 5.44. The molecule has 1 aliphatic rings. The first-order valence-corrected chi connectivity index (χ1v) is 11.0. The van der Waals surface area contributed by atoms with Crippen LogP contribution in [0.15, 0.2) is 16.3 Å². The SMILES string of the molecule is CC(CCC(=O)O)NC(=O)c1sccc1S(=O)(=O)N1CCSCC1. The van der Waals surface area contributed by atoms with E-state index < -0.39 is 21.9 Å². The predicted molar refractivity (Wildman–Crippen MR) is 94.2 cm³/mol. The number of hydrogen-bond donors (Lipinski definition) is 2. The van der Waals surface area contributed by atoms with E-state index in [1.807, 2.05) is 0 Å². The number of carbonyl (C=O) groups excluding carboxylic acids is 1. The summed E-state index contributed by atoms with van der Waals surface area (Å²) in [6.45, 7) is 2.59. The molecule has 2 rings (SSSR count). The molecule has 2 heterocycles. The third-order valence-corrected chi connectivity index (χ3v) is 7.52. The van der Waals surface area contributed by atoms with Gasteiger partial charge in [-0.15, -0.1) is 11.3 Å². The predicted octanol–water partition coefficient (Wildman–Crippen LogP) is 1.47. The van der Waals surface area contributed by atoms with Gasteiger partial charge in [0.15, 0.2) is 0 Å². The topological polar surface area (TPSA) is 104 Å². The minimum atomic E-state index is -3.68. The second-order valence-corrected chi connectivity index (χ2v) is 9.48. The molecule has 1 fully saturated rings. The summed E-state index contributed by atoms with van der Waals surface area (Å²) in [4.78, 5) is 23.1. The Hall–Kier alpha value is -1.10. The van der Waals surface area contributed by atoms with E-state index in [9.17, 15) is 18.0 Å². The van der Waals surface area contributed by atoms with Crippen LogP contribution in [-0.2, 0) is 14.8 Å². The smallest absolute Gasteiger partial charge is 0.303 e. The molecule has 1 atom stereocenters. The molecule has 2 N–H and O–H groups in total. The van der Waals surface area contributed by atoms with Crippen LogP contribution in [0, 0.1) is 0 Å². The standard InChI is InChI=1S/C14H20N2O5S3/c1-10(2-3-12(17)18)15-14(19)13-11(4-7-23-13)24(20,21)16-5-8-22-9-6-16/h4,7,10H,2-3,5-6,8-9H2,1H3,(H,15,19)(H,17,18). The quantitative estimate of drug-likeness (QED) is 0.728. The fraction of sp³-hybridized carbons (Fsp3) is 0.571. The normalized spacial score (nSPS) is 17.4. The first-order chi connectivity index (χ1) is 11.3. The Labute approximate surface area is 149 Å². The van der Waals surface area contributed by atoms with Crippen molar-refractivity contribution >= 4 is 45.0 Å². The van der Waals surface area contributed by atoms with Crippen LogP contribution >= 0.6 is 23.1 Å². The van der Waals surface area contributed by atoms with E-state index in [0.29, 0.717) is 13.1 Å². The Bertz CT molecular complexity index is 695. The highest BCUT2D eigenvalue weighted by atomic mass is 32.2. The lowest BCUT2D eigenvalue weighted by atomic mass is 10.2. The Morgan fingerprint density at radius 3 is 2.67 bits per heavy atom. The largest absolute Gasteiger partial charge is 0.481 e. The molecule has 0 aliphatic carbocycles. The van der Waals surface area contributed by atoms with E-state index in [2.05, 4.69) is 5.32 Å². The van der Waals surface area contributed by atoms with E-state index in [4.69, 9.17) is 5.11 Å². The molecule has 134 valence electrons. The van der Waals surface area contributed by atoms with Crippen LogP contribution in [0.4, 0.5) is 0 Å². The number of rotatable bonds is 7. The number of thiophene rings is 1. The number of carboxylic acids is 1.